The topological polar surface area (TPSA) is 127 Å². The molecule has 0 spiro atoms. The highest BCUT2D eigenvalue weighted by Gasteiger charge is 2.37. The highest BCUT2D eigenvalue weighted by molar-refractivity contribution is 7.86. The van der Waals surface area contributed by atoms with Crippen molar-refractivity contribution in [3.63, 3.8) is 0 Å². The fourth-order valence-corrected chi connectivity index (χ4v) is 9.19. The molecule has 5 heterocycles. The zero-order chi connectivity index (χ0) is 29.0. The lowest BCUT2D eigenvalue weighted by Crippen LogP contribution is -2.35. The van der Waals surface area contributed by atoms with Crippen molar-refractivity contribution in [2.24, 2.45) is 0 Å². The molecule has 0 fully saturated rings. The van der Waals surface area contributed by atoms with E-state index in [-0.39, 0.29) is 5.56 Å². The van der Waals surface area contributed by atoms with Crippen LogP contribution in [0.5, 0.6) is 0 Å². The first-order valence-electron chi connectivity index (χ1n) is 14.6. The van der Waals surface area contributed by atoms with Gasteiger partial charge in [-0.1, -0.05) is 6.07 Å². The van der Waals surface area contributed by atoms with E-state index in [1.54, 1.807) is 0 Å². The molecule has 8 rings (SSSR count). The molecule has 4 aliphatic heterocycles. The Kier molecular flexibility index (Phi) is 5.73. The third-order valence-electron chi connectivity index (χ3n) is 9.49. The van der Waals surface area contributed by atoms with Gasteiger partial charge in [-0.2, -0.15) is 16.8 Å². The lowest BCUT2D eigenvalue weighted by molar-refractivity contribution is 0.481. The lowest BCUT2D eigenvalue weighted by Gasteiger charge is -2.36. The fourth-order valence-electron chi connectivity index (χ4n) is 7.89. The summed E-state index contributed by atoms with van der Waals surface area (Å²) in [4.78, 5) is 3.70. The van der Waals surface area contributed by atoms with E-state index in [4.69, 9.17) is 4.42 Å². The predicted octanol–water partition coefficient (Wildman–Crippen LogP) is 5.43. The Labute approximate surface area is 244 Å². The van der Waals surface area contributed by atoms with Gasteiger partial charge in [0, 0.05) is 37.3 Å². The summed E-state index contributed by atoms with van der Waals surface area (Å²) in [7, 11) is -9.60. The Morgan fingerprint density at radius 3 is 1.62 bits per heavy atom. The van der Waals surface area contributed by atoms with Crippen LogP contribution in [0, 0.1) is 0 Å². The zero-order valence-corrected chi connectivity index (χ0v) is 24.7. The molecule has 218 valence electrons. The van der Waals surface area contributed by atoms with Crippen LogP contribution < -0.4 is 9.80 Å². The van der Waals surface area contributed by atoms with E-state index in [9.17, 15) is 25.9 Å². The van der Waals surface area contributed by atoms with Crippen molar-refractivity contribution in [3.05, 3.63) is 52.6 Å². The fraction of sp³-hybridized carbons (Fsp3) is 0.387. The van der Waals surface area contributed by atoms with Gasteiger partial charge >= 0.3 is 11.2 Å². The minimum absolute atomic E-state index is 0.182. The number of nitrogens with zero attached hydrogens (tertiary/aromatic N) is 2. The first-order chi connectivity index (χ1) is 20.1. The molecule has 0 atom stereocenters. The summed E-state index contributed by atoms with van der Waals surface area (Å²) >= 11 is 0. The molecule has 0 aliphatic carbocycles. The molecule has 0 amide bonds. The third-order valence-corrected chi connectivity index (χ3v) is 11.2. The smallest absolute Gasteiger partial charge is 0.366 e. The van der Waals surface area contributed by atoms with Crippen molar-refractivity contribution in [2.45, 2.75) is 61.2 Å². The van der Waals surface area contributed by atoms with Gasteiger partial charge in [-0.15, -0.1) is 0 Å². The number of hydrogen-bond donors (Lipinski definition) is 2. The van der Waals surface area contributed by atoms with Crippen LogP contribution in [0.3, 0.4) is 0 Å². The number of hydrogen-bond acceptors (Lipinski definition) is 6. The molecule has 0 saturated heterocycles. The number of rotatable bonds is 3. The van der Waals surface area contributed by atoms with Gasteiger partial charge in [0.2, 0.25) is 0 Å². The summed E-state index contributed by atoms with van der Waals surface area (Å²) in [6.45, 7) is 3.96. The monoisotopic (exact) mass is 607 g/mol. The molecule has 4 aliphatic rings. The first kappa shape index (κ1) is 26.4. The van der Waals surface area contributed by atoms with Gasteiger partial charge in [0.15, 0.2) is 0 Å². The van der Waals surface area contributed by atoms with Gasteiger partial charge in [0.1, 0.15) is 4.90 Å². The Bertz CT molecular complexity index is 1980. The second kappa shape index (κ2) is 9.12. The second-order valence-electron chi connectivity index (χ2n) is 12.0. The molecule has 0 radical (unpaired) electrons. The zero-order valence-electron chi connectivity index (χ0n) is 23.0. The Morgan fingerprint density at radius 1 is 0.643 bits per heavy atom. The van der Waals surface area contributed by atoms with Crippen LogP contribution in [-0.2, 0) is 45.9 Å². The van der Waals surface area contributed by atoms with Crippen molar-refractivity contribution in [1.82, 2.24) is 0 Å². The average molecular weight is 608 g/mol. The van der Waals surface area contributed by atoms with Gasteiger partial charge in [-0.25, -0.2) is 4.42 Å². The van der Waals surface area contributed by atoms with Crippen molar-refractivity contribution in [2.75, 3.05) is 36.0 Å². The van der Waals surface area contributed by atoms with Crippen LogP contribution in [0.4, 0.5) is 11.4 Å². The molecule has 0 bridgehead atoms. The van der Waals surface area contributed by atoms with E-state index in [2.05, 4.69) is 21.9 Å². The number of anilines is 2. The average Bonchev–Trinajstić information content (AvgIpc) is 2.96. The van der Waals surface area contributed by atoms with E-state index in [1.807, 2.05) is 0 Å². The SMILES string of the molecule is O=S(=O)(O)c1ccc(-c2c3cc4c5c(c3[o+]c3c6c7c(cc23)CCCN7CCC6)CCCN5CCC4)c(S(=O)(=O)O)c1. The predicted molar refractivity (Wildman–Crippen MR) is 161 cm³/mol. The lowest BCUT2D eigenvalue weighted by atomic mass is 9.84. The molecule has 42 heavy (non-hydrogen) atoms. The van der Waals surface area contributed by atoms with Crippen molar-refractivity contribution < 1.29 is 30.4 Å². The summed E-state index contributed by atoms with van der Waals surface area (Å²) in [5, 5.41) is 1.50. The van der Waals surface area contributed by atoms with E-state index < -0.39 is 30.0 Å². The highest BCUT2D eigenvalue weighted by atomic mass is 32.2. The van der Waals surface area contributed by atoms with Gasteiger partial charge in [0.05, 0.1) is 38.2 Å². The molecular formula is C31H31N2O7S2+. The highest BCUT2D eigenvalue weighted by Crippen LogP contribution is 2.50. The van der Waals surface area contributed by atoms with Gasteiger partial charge in [-0.3, -0.25) is 9.11 Å². The van der Waals surface area contributed by atoms with Crippen LogP contribution in [0.1, 0.15) is 47.9 Å². The number of benzene rings is 3. The second-order valence-corrected chi connectivity index (χ2v) is 14.8. The Hall–Kier alpha value is -3.25. The number of aryl methyl sites for hydroxylation is 4. The van der Waals surface area contributed by atoms with Crippen LogP contribution in [0.25, 0.3) is 33.1 Å². The minimum atomic E-state index is -4.89. The van der Waals surface area contributed by atoms with E-state index in [1.165, 1.54) is 34.6 Å². The third kappa shape index (κ3) is 3.90. The molecule has 9 nitrogen and oxygen atoms in total. The Balaban J connectivity index is 1.57. The molecule has 1 aromatic heterocycles. The number of fused-ring (bicyclic) bond motifs is 4. The van der Waals surface area contributed by atoms with Crippen molar-refractivity contribution >= 4 is 53.5 Å². The van der Waals surface area contributed by atoms with Gasteiger partial charge in [0.25, 0.3) is 20.2 Å². The van der Waals surface area contributed by atoms with Crippen LogP contribution in [-0.4, -0.2) is 52.1 Å². The summed E-state index contributed by atoms with van der Waals surface area (Å²) < 4.78 is 76.7. The van der Waals surface area contributed by atoms with E-state index >= 15 is 0 Å². The maximum absolute atomic E-state index is 12.8. The van der Waals surface area contributed by atoms with Crippen LogP contribution >= 0.6 is 0 Å². The summed E-state index contributed by atoms with van der Waals surface area (Å²) in [5.74, 6) is 0. The molecule has 2 N–H and O–H groups in total. The van der Waals surface area contributed by atoms with Crippen LogP contribution in [0.2, 0.25) is 0 Å². The standard InChI is InChI=1S/C31H30N2O7S2/c34-41(35,36)20-9-10-21(26(17-20)42(37,38)39)27-24-15-18-5-1-11-32-13-3-7-22(28(18)32)30(24)40-31-23-8-4-14-33-12-2-6-19(29(23)33)16-25(27)31/h9-10,15-17H,1-8,11-14H2,(H-,34,35,36,37,38,39)/p+1. The molecule has 4 aromatic rings. The summed E-state index contributed by atoms with van der Waals surface area (Å²) in [6, 6.07) is 7.62. The van der Waals surface area contributed by atoms with E-state index in [0.29, 0.717) is 16.7 Å². The van der Waals surface area contributed by atoms with Crippen LogP contribution in [0.15, 0.2) is 44.5 Å². The first-order valence-corrected chi connectivity index (χ1v) is 17.5. The molecule has 0 unspecified atom stereocenters. The van der Waals surface area contributed by atoms with Gasteiger partial charge in [-0.05, 0) is 86.8 Å². The van der Waals surface area contributed by atoms with Crippen molar-refractivity contribution in [1.29, 1.82) is 0 Å². The quantitative estimate of drug-likeness (QED) is 0.178. The molecule has 3 aromatic carbocycles. The largest absolute Gasteiger partial charge is 0.371 e. The molecular weight excluding hydrogens is 576 g/mol. The normalized spacial score (nSPS) is 18.3. The maximum atomic E-state index is 12.8. The summed E-state index contributed by atoms with van der Waals surface area (Å²) in [6.07, 6.45) is 7.47. The molecule has 0 saturated carbocycles. The maximum Gasteiger partial charge on any atom is 0.366 e. The van der Waals surface area contributed by atoms with Gasteiger partial charge < -0.3 is 9.80 Å². The minimum Gasteiger partial charge on any atom is -0.371 e. The summed E-state index contributed by atoms with van der Waals surface area (Å²) in [5.41, 5.74) is 9.28. The Morgan fingerprint density at radius 2 is 1.14 bits per heavy atom. The van der Waals surface area contributed by atoms with E-state index in [0.717, 1.165) is 106 Å². The molecule has 11 heteroatoms. The van der Waals surface area contributed by atoms with Crippen molar-refractivity contribution in [3.8, 4) is 11.1 Å².